The van der Waals surface area contributed by atoms with E-state index in [0.717, 1.165) is 24.3 Å². The molecule has 0 heterocycles. The molecule has 1 aromatic carbocycles. The summed E-state index contributed by atoms with van der Waals surface area (Å²) in [6.45, 7) is 1.37. The van der Waals surface area contributed by atoms with Crippen molar-refractivity contribution in [2.24, 2.45) is 5.73 Å². The lowest BCUT2D eigenvalue weighted by molar-refractivity contribution is -0.119. The summed E-state index contributed by atoms with van der Waals surface area (Å²) in [6.07, 6.45) is 0. The second kappa shape index (κ2) is 5.95. The van der Waals surface area contributed by atoms with E-state index in [9.17, 15) is 26.8 Å². The smallest absolute Gasteiger partial charge is 0.341 e. The molecule has 3 N–H and O–H groups in total. The lowest BCUT2D eigenvalue weighted by Gasteiger charge is -2.10. The Morgan fingerprint density at radius 2 is 1.70 bits per heavy atom. The zero-order valence-electron chi connectivity index (χ0n) is 10.3. The molecule has 20 heavy (non-hydrogen) atoms. The summed E-state index contributed by atoms with van der Waals surface area (Å²) >= 11 is 0. The molecule has 0 bridgehead atoms. The van der Waals surface area contributed by atoms with Gasteiger partial charge in [-0.2, -0.15) is 8.78 Å². The summed E-state index contributed by atoms with van der Waals surface area (Å²) in [5.74, 6) is -4.94. The number of amides is 2. The first kappa shape index (κ1) is 16.0. The Hall–Kier alpha value is -2.03. The highest BCUT2D eigenvalue weighted by molar-refractivity contribution is 7.91. The van der Waals surface area contributed by atoms with Gasteiger partial charge in [-0.25, -0.2) is 8.42 Å². The number of carbonyl (C=O) groups is 2. The maximum Gasteiger partial charge on any atom is 0.341 e. The maximum atomic E-state index is 12.3. The van der Waals surface area contributed by atoms with Gasteiger partial charge >= 0.3 is 5.76 Å². The normalized spacial score (nSPS) is 13.0. The standard InChI is InChI=1S/C11H12F2N2O4S/c1-6(9(14)16)15-10(17)7-2-4-8(5-3-7)20(18,19)11(12)13/h2-6,11H,1H3,(H2,14,16)(H,15,17). The van der Waals surface area contributed by atoms with Crippen molar-refractivity contribution >= 4 is 21.7 Å². The van der Waals surface area contributed by atoms with E-state index >= 15 is 0 Å². The second-order valence-corrected chi connectivity index (χ2v) is 5.85. The molecule has 1 aromatic rings. The Morgan fingerprint density at radius 1 is 1.20 bits per heavy atom. The summed E-state index contributed by atoms with van der Waals surface area (Å²) < 4.78 is 46.9. The molecule has 0 fully saturated rings. The molecule has 0 saturated heterocycles. The van der Waals surface area contributed by atoms with E-state index < -0.39 is 38.3 Å². The molecule has 1 atom stereocenters. The molecule has 1 rings (SSSR count). The minimum absolute atomic E-state index is 0.0197. The van der Waals surface area contributed by atoms with Crippen molar-refractivity contribution in [1.82, 2.24) is 5.32 Å². The Kier molecular flexibility index (Phi) is 4.77. The molecule has 0 aliphatic heterocycles. The van der Waals surface area contributed by atoms with Gasteiger partial charge in [0.15, 0.2) is 0 Å². The average Bonchev–Trinajstić information content (AvgIpc) is 2.38. The number of sulfone groups is 1. The molecule has 2 amide bonds. The van der Waals surface area contributed by atoms with Crippen LogP contribution in [-0.2, 0) is 14.6 Å². The van der Waals surface area contributed by atoms with Gasteiger partial charge in [-0.05, 0) is 31.2 Å². The number of benzene rings is 1. The van der Waals surface area contributed by atoms with Gasteiger partial charge in [-0.15, -0.1) is 0 Å². The number of alkyl halides is 2. The fourth-order valence-corrected chi connectivity index (χ4v) is 1.97. The van der Waals surface area contributed by atoms with Gasteiger partial charge in [0.05, 0.1) is 4.90 Å². The van der Waals surface area contributed by atoms with Crippen LogP contribution in [0.3, 0.4) is 0 Å². The lowest BCUT2D eigenvalue weighted by atomic mass is 10.2. The maximum absolute atomic E-state index is 12.3. The van der Waals surface area contributed by atoms with Crippen molar-refractivity contribution in [1.29, 1.82) is 0 Å². The number of hydrogen-bond donors (Lipinski definition) is 2. The SMILES string of the molecule is CC(NC(=O)c1ccc(S(=O)(=O)C(F)F)cc1)C(N)=O. The van der Waals surface area contributed by atoms with E-state index in [2.05, 4.69) is 5.32 Å². The van der Waals surface area contributed by atoms with Crippen LogP contribution in [0.15, 0.2) is 29.2 Å². The first-order valence-electron chi connectivity index (χ1n) is 5.38. The molecule has 0 aromatic heterocycles. The highest BCUT2D eigenvalue weighted by atomic mass is 32.2. The highest BCUT2D eigenvalue weighted by Crippen LogP contribution is 2.18. The zero-order valence-corrected chi connectivity index (χ0v) is 11.2. The van der Waals surface area contributed by atoms with Gasteiger partial charge < -0.3 is 11.1 Å². The van der Waals surface area contributed by atoms with Gasteiger partial charge in [0.25, 0.3) is 5.91 Å². The molecule has 9 heteroatoms. The van der Waals surface area contributed by atoms with Crippen LogP contribution in [0.25, 0.3) is 0 Å². The summed E-state index contributed by atoms with van der Waals surface area (Å²) in [5.41, 5.74) is 4.98. The third-order valence-corrected chi connectivity index (χ3v) is 3.85. The van der Waals surface area contributed by atoms with Crippen LogP contribution in [0.5, 0.6) is 0 Å². The number of carbonyl (C=O) groups excluding carboxylic acids is 2. The van der Waals surface area contributed by atoms with Crippen molar-refractivity contribution in [3.8, 4) is 0 Å². The summed E-state index contributed by atoms with van der Waals surface area (Å²) in [5, 5.41) is 2.27. The Labute approximate surface area is 113 Å². The Bertz CT molecular complexity index is 614. The number of rotatable bonds is 5. The topological polar surface area (TPSA) is 106 Å². The van der Waals surface area contributed by atoms with E-state index in [-0.39, 0.29) is 5.56 Å². The van der Waals surface area contributed by atoms with Crippen molar-refractivity contribution < 1.29 is 26.8 Å². The van der Waals surface area contributed by atoms with E-state index in [4.69, 9.17) is 5.73 Å². The van der Waals surface area contributed by atoms with Gasteiger partial charge in [0, 0.05) is 5.56 Å². The monoisotopic (exact) mass is 306 g/mol. The van der Waals surface area contributed by atoms with Crippen LogP contribution >= 0.6 is 0 Å². The van der Waals surface area contributed by atoms with Crippen LogP contribution in [-0.4, -0.2) is 32.0 Å². The molecule has 0 aliphatic carbocycles. The number of nitrogens with two attached hydrogens (primary N) is 1. The van der Waals surface area contributed by atoms with Gasteiger partial charge in [0.1, 0.15) is 6.04 Å². The third-order valence-electron chi connectivity index (χ3n) is 2.45. The molecular formula is C11H12F2N2O4S. The van der Waals surface area contributed by atoms with Crippen LogP contribution in [0.2, 0.25) is 0 Å². The first-order chi connectivity index (χ1) is 9.16. The molecule has 0 spiro atoms. The van der Waals surface area contributed by atoms with Crippen molar-refractivity contribution in [3.05, 3.63) is 29.8 Å². The quantitative estimate of drug-likeness (QED) is 0.815. The minimum Gasteiger partial charge on any atom is -0.368 e. The van der Waals surface area contributed by atoms with Crippen LogP contribution in [0.4, 0.5) is 8.78 Å². The molecular weight excluding hydrogens is 294 g/mol. The third kappa shape index (κ3) is 3.50. The minimum atomic E-state index is -4.70. The molecule has 1 unspecified atom stereocenters. The molecule has 0 radical (unpaired) electrons. The van der Waals surface area contributed by atoms with Gasteiger partial charge in [0.2, 0.25) is 15.7 Å². The summed E-state index contributed by atoms with van der Waals surface area (Å²) in [4.78, 5) is 21.8. The largest absolute Gasteiger partial charge is 0.368 e. The van der Waals surface area contributed by atoms with Gasteiger partial charge in [-0.1, -0.05) is 0 Å². The van der Waals surface area contributed by atoms with E-state index in [0.29, 0.717) is 0 Å². The molecule has 0 aliphatic rings. The predicted octanol–water partition coefficient (Wildman–Crippen LogP) is 0.287. The van der Waals surface area contributed by atoms with Crippen LogP contribution in [0, 0.1) is 0 Å². The fourth-order valence-electron chi connectivity index (χ4n) is 1.25. The average molecular weight is 306 g/mol. The number of hydrogen-bond acceptors (Lipinski definition) is 4. The molecule has 110 valence electrons. The predicted molar refractivity (Wildman–Crippen MR) is 65.8 cm³/mol. The molecule has 6 nitrogen and oxygen atoms in total. The van der Waals surface area contributed by atoms with Crippen molar-refractivity contribution in [2.45, 2.75) is 23.6 Å². The van der Waals surface area contributed by atoms with E-state index in [1.807, 2.05) is 0 Å². The summed E-state index contributed by atoms with van der Waals surface area (Å²) in [6, 6.07) is 3.01. The number of halogens is 2. The lowest BCUT2D eigenvalue weighted by Crippen LogP contribution is -2.42. The van der Waals surface area contributed by atoms with E-state index in [1.165, 1.54) is 6.92 Å². The Morgan fingerprint density at radius 3 is 2.10 bits per heavy atom. The number of nitrogens with one attached hydrogen (secondary N) is 1. The first-order valence-corrected chi connectivity index (χ1v) is 6.93. The highest BCUT2D eigenvalue weighted by Gasteiger charge is 2.26. The Balaban J connectivity index is 2.92. The van der Waals surface area contributed by atoms with Crippen molar-refractivity contribution in [3.63, 3.8) is 0 Å². The van der Waals surface area contributed by atoms with Crippen LogP contribution in [0.1, 0.15) is 17.3 Å². The second-order valence-electron chi connectivity index (χ2n) is 3.93. The summed E-state index contributed by atoms with van der Waals surface area (Å²) in [7, 11) is -4.70. The number of primary amides is 1. The van der Waals surface area contributed by atoms with Gasteiger partial charge in [-0.3, -0.25) is 9.59 Å². The fraction of sp³-hybridized carbons (Fsp3) is 0.273. The molecule has 0 saturated carbocycles. The van der Waals surface area contributed by atoms with E-state index in [1.54, 1.807) is 0 Å². The van der Waals surface area contributed by atoms with Crippen molar-refractivity contribution in [2.75, 3.05) is 0 Å². The zero-order chi connectivity index (χ0) is 15.5. The van der Waals surface area contributed by atoms with Crippen LogP contribution < -0.4 is 11.1 Å².